The van der Waals surface area contributed by atoms with E-state index >= 15 is 0 Å². The molecule has 2 aromatic rings. The zero-order valence-corrected chi connectivity index (χ0v) is 15.9. The van der Waals surface area contributed by atoms with Crippen LogP contribution in [0.25, 0.3) is 11.4 Å². The Kier molecular flexibility index (Phi) is 5.55. The van der Waals surface area contributed by atoms with E-state index in [-0.39, 0.29) is 11.3 Å². The minimum absolute atomic E-state index is 0.156. The van der Waals surface area contributed by atoms with Crippen LogP contribution >= 0.6 is 0 Å². The Morgan fingerprint density at radius 1 is 1.35 bits per heavy atom. The summed E-state index contributed by atoms with van der Waals surface area (Å²) in [6.45, 7) is 7.77. The molecule has 1 amide bonds. The first-order chi connectivity index (χ1) is 12.5. The second-order valence-corrected chi connectivity index (χ2v) is 7.77. The van der Waals surface area contributed by atoms with Gasteiger partial charge in [0.2, 0.25) is 5.91 Å². The van der Waals surface area contributed by atoms with Crippen molar-refractivity contribution in [2.75, 3.05) is 6.54 Å². The maximum absolute atomic E-state index is 12.4. The molecule has 0 N–H and O–H groups in total. The van der Waals surface area contributed by atoms with E-state index in [9.17, 15) is 4.79 Å². The first-order valence-corrected chi connectivity index (χ1v) is 9.23. The second kappa shape index (κ2) is 7.85. The van der Waals surface area contributed by atoms with Crippen molar-refractivity contribution >= 4 is 5.91 Å². The number of carbonyl (C=O) groups excluding carboxylic acids is 1. The van der Waals surface area contributed by atoms with Crippen LogP contribution in [0.4, 0.5) is 0 Å². The predicted molar refractivity (Wildman–Crippen MR) is 101 cm³/mol. The van der Waals surface area contributed by atoms with Gasteiger partial charge in [-0.1, -0.05) is 29.8 Å². The third-order valence-electron chi connectivity index (χ3n) is 5.00. The van der Waals surface area contributed by atoms with Crippen molar-refractivity contribution in [3.8, 4) is 11.4 Å². The van der Waals surface area contributed by atoms with E-state index < -0.39 is 0 Å². The van der Waals surface area contributed by atoms with Crippen molar-refractivity contribution in [1.82, 2.24) is 15.0 Å². The number of hydrogen-bond acceptors (Lipinski definition) is 4. The number of aromatic nitrogens is 2. The van der Waals surface area contributed by atoms with Gasteiger partial charge in [-0.2, -0.15) is 0 Å². The Labute approximate surface area is 155 Å². The van der Waals surface area contributed by atoms with Crippen LogP contribution in [0.15, 0.2) is 46.6 Å². The summed E-state index contributed by atoms with van der Waals surface area (Å²) in [7, 11) is 0. The van der Waals surface area contributed by atoms with E-state index in [4.69, 9.17) is 4.52 Å². The number of allylic oxidation sites excluding steroid dienone is 2. The van der Waals surface area contributed by atoms with Gasteiger partial charge in [0.15, 0.2) is 5.76 Å². The highest BCUT2D eigenvalue weighted by molar-refractivity contribution is 5.77. The fourth-order valence-corrected chi connectivity index (χ4v) is 3.46. The molecule has 138 valence electrons. The minimum atomic E-state index is 0.156. The summed E-state index contributed by atoms with van der Waals surface area (Å²) in [5.74, 6) is 0.896. The molecular formula is C21H27N3O2. The average Bonchev–Trinajstić information content (AvgIpc) is 3.07. The van der Waals surface area contributed by atoms with E-state index in [1.54, 1.807) is 6.20 Å². The molecule has 0 bridgehead atoms. The van der Waals surface area contributed by atoms with Gasteiger partial charge in [-0.3, -0.25) is 9.78 Å². The second-order valence-electron chi connectivity index (χ2n) is 7.77. The zero-order chi connectivity index (χ0) is 18.6. The molecule has 0 unspecified atom stereocenters. The number of hydrogen-bond donors (Lipinski definition) is 0. The van der Waals surface area contributed by atoms with E-state index in [1.807, 2.05) is 29.2 Å². The first kappa shape index (κ1) is 18.4. The van der Waals surface area contributed by atoms with Gasteiger partial charge in [-0.15, -0.1) is 0 Å². The summed E-state index contributed by atoms with van der Waals surface area (Å²) < 4.78 is 5.46. The van der Waals surface area contributed by atoms with E-state index in [0.29, 0.717) is 24.4 Å². The van der Waals surface area contributed by atoms with Crippen LogP contribution in [-0.2, 0) is 11.3 Å². The van der Waals surface area contributed by atoms with Crippen LogP contribution in [0.1, 0.15) is 52.2 Å². The molecule has 2 aromatic heterocycles. The number of rotatable bonds is 6. The lowest BCUT2D eigenvalue weighted by atomic mass is 9.77. The third kappa shape index (κ3) is 4.59. The maximum Gasteiger partial charge on any atom is 0.223 e. The molecule has 1 aliphatic heterocycles. The Morgan fingerprint density at radius 2 is 2.19 bits per heavy atom. The van der Waals surface area contributed by atoms with Crippen LogP contribution in [0.3, 0.4) is 0 Å². The fourth-order valence-electron chi connectivity index (χ4n) is 3.46. The topological polar surface area (TPSA) is 59.2 Å². The van der Waals surface area contributed by atoms with Gasteiger partial charge in [0.05, 0.1) is 12.2 Å². The van der Waals surface area contributed by atoms with Gasteiger partial charge in [0.25, 0.3) is 0 Å². The normalized spacial score (nSPS) is 20.3. The van der Waals surface area contributed by atoms with E-state index in [2.05, 4.69) is 37.0 Å². The third-order valence-corrected chi connectivity index (χ3v) is 5.00. The molecule has 5 nitrogen and oxygen atoms in total. The van der Waals surface area contributed by atoms with Crippen LogP contribution in [0, 0.1) is 5.41 Å². The summed E-state index contributed by atoms with van der Waals surface area (Å²) >= 11 is 0. The van der Waals surface area contributed by atoms with Crippen LogP contribution < -0.4 is 0 Å². The SMILES string of the molecule is CC(C)=CCC[C@@]1(C)CCC(=O)N(Cc2cc(-c3ccccn3)no2)C1. The number of nitrogens with zero attached hydrogens (tertiary/aromatic N) is 3. The lowest BCUT2D eigenvalue weighted by Crippen LogP contribution is -2.44. The molecule has 0 radical (unpaired) electrons. The average molecular weight is 353 g/mol. The van der Waals surface area contributed by atoms with Gasteiger partial charge in [-0.25, -0.2) is 0 Å². The first-order valence-electron chi connectivity index (χ1n) is 9.23. The molecule has 1 fully saturated rings. The molecule has 1 atom stereocenters. The maximum atomic E-state index is 12.4. The minimum Gasteiger partial charge on any atom is -0.359 e. The van der Waals surface area contributed by atoms with Gasteiger partial charge in [0, 0.05) is 25.2 Å². The number of pyridine rings is 1. The number of likely N-dealkylation sites (tertiary alicyclic amines) is 1. The molecular weight excluding hydrogens is 326 g/mol. The number of piperidine rings is 1. The lowest BCUT2D eigenvalue weighted by Gasteiger charge is -2.40. The molecule has 0 spiro atoms. The fraction of sp³-hybridized carbons (Fsp3) is 0.476. The highest BCUT2D eigenvalue weighted by Crippen LogP contribution is 2.35. The van der Waals surface area contributed by atoms with Gasteiger partial charge in [0.1, 0.15) is 5.69 Å². The monoisotopic (exact) mass is 353 g/mol. The lowest BCUT2D eigenvalue weighted by molar-refractivity contribution is -0.138. The Balaban J connectivity index is 1.65. The molecule has 3 rings (SSSR count). The van der Waals surface area contributed by atoms with E-state index in [0.717, 1.165) is 31.5 Å². The zero-order valence-electron chi connectivity index (χ0n) is 15.9. The van der Waals surface area contributed by atoms with Crippen molar-refractivity contribution < 1.29 is 9.32 Å². The Bertz CT molecular complexity index is 778. The standard InChI is InChI=1S/C21H27N3O2/c1-16(2)7-6-10-21(3)11-9-20(25)24(15-21)14-17-13-19(23-26-17)18-8-4-5-12-22-18/h4-5,7-8,12-13H,6,9-11,14-15H2,1-3H3/t21-/m0/s1. The van der Waals surface area contributed by atoms with Crippen molar-refractivity contribution in [1.29, 1.82) is 0 Å². The van der Waals surface area contributed by atoms with Crippen molar-refractivity contribution in [3.63, 3.8) is 0 Å². The summed E-state index contributed by atoms with van der Waals surface area (Å²) in [6.07, 6.45) is 7.73. The molecule has 5 heteroatoms. The van der Waals surface area contributed by atoms with Crippen LogP contribution in [0.5, 0.6) is 0 Å². The largest absolute Gasteiger partial charge is 0.359 e. The van der Waals surface area contributed by atoms with Crippen molar-refractivity contribution in [2.45, 2.75) is 53.0 Å². The predicted octanol–water partition coefficient (Wildman–Crippen LogP) is 4.61. The van der Waals surface area contributed by atoms with Crippen molar-refractivity contribution in [3.05, 3.63) is 47.9 Å². The van der Waals surface area contributed by atoms with E-state index in [1.165, 1.54) is 5.57 Å². The van der Waals surface area contributed by atoms with Crippen molar-refractivity contribution in [2.24, 2.45) is 5.41 Å². The Hall–Kier alpha value is -2.43. The van der Waals surface area contributed by atoms with Crippen LogP contribution in [0.2, 0.25) is 0 Å². The summed E-state index contributed by atoms with van der Waals surface area (Å²) in [4.78, 5) is 18.6. The molecule has 3 heterocycles. The summed E-state index contributed by atoms with van der Waals surface area (Å²) in [6, 6.07) is 7.56. The number of carbonyl (C=O) groups is 1. The highest BCUT2D eigenvalue weighted by atomic mass is 16.5. The highest BCUT2D eigenvalue weighted by Gasteiger charge is 2.34. The van der Waals surface area contributed by atoms with Crippen LogP contribution in [-0.4, -0.2) is 27.5 Å². The quantitative estimate of drug-likeness (QED) is 0.712. The molecule has 1 saturated heterocycles. The van der Waals surface area contributed by atoms with Gasteiger partial charge in [-0.05, 0) is 50.7 Å². The molecule has 0 aliphatic carbocycles. The smallest absolute Gasteiger partial charge is 0.223 e. The molecule has 0 saturated carbocycles. The van der Waals surface area contributed by atoms with Gasteiger partial charge < -0.3 is 9.42 Å². The number of amides is 1. The molecule has 1 aliphatic rings. The summed E-state index contributed by atoms with van der Waals surface area (Å²) in [5.41, 5.74) is 2.99. The Morgan fingerprint density at radius 3 is 2.92 bits per heavy atom. The summed E-state index contributed by atoms with van der Waals surface area (Å²) in [5, 5.41) is 4.10. The van der Waals surface area contributed by atoms with Gasteiger partial charge >= 0.3 is 0 Å². The molecule has 26 heavy (non-hydrogen) atoms. The molecule has 0 aromatic carbocycles.